The second-order valence-corrected chi connectivity index (χ2v) is 8.86. The van der Waals surface area contributed by atoms with Crippen LogP contribution in [0.25, 0.3) is 0 Å². The number of aryl methyl sites for hydroxylation is 1. The van der Waals surface area contributed by atoms with Crippen LogP contribution in [0.15, 0.2) is 47.4 Å². The molecule has 1 aliphatic heterocycles. The average Bonchev–Trinajstić information content (AvgIpc) is 3.10. The molecule has 0 radical (unpaired) electrons. The number of hydrogen-bond donors (Lipinski definition) is 2. The first-order valence-electron chi connectivity index (χ1n) is 9.60. The lowest BCUT2D eigenvalue weighted by atomic mass is 10.1. The standard InChI is InChI=1S/C21H25N3O5S/c1-4-22-30(27,28)17-8-6-16(7-9-17)23-21(26)15-12-20(25)24(13-15)18-11-14(2)5-10-19(18)29-3/h5-11,15,22H,4,12-13H2,1-3H3,(H,23,26). The highest BCUT2D eigenvalue weighted by atomic mass is 32.2. The van der Waals surface area contributed by atoms with Crippen molar-refractivity contribution in [2.45, 2.75) is 25.2 Å². The maximum absolute atomic E-state index is 12.7. The third kappa shape index (κ3) is 4.63. The SMILES string of the molecule is CCNS(=O)(=O)c1ccc(NC(=O)C2CC(=O)N(c3cc(C)ccc3OC)C2)cc1. The Balaban J connectivity index is 1.70. The maximum Gasteiger partial charge on any atom is 0.240 e. The summed E-state index contributed by atoms with van der Waals surface area (Å²) in [5, 5.41) is 2.76. The number of sulfonamides is 1. The van der Waals surface area contributed by atoms with Crippen LogP contribution in [-0.2, 0) is 19.6 Å². The zero-order valence-electron chi connectivity index (χ0n) is 17.1. The van der Waals surface area contributed by atoms with Crippen LogP contribution >= 0.6 is 0 Å². The minimum Gasteiger partial charge on any atom is -0.495 e. The fraction of sp³-hybridized carbons (Fsp3) is 0.333. The van der Waals surface area contributed by atoms with Crippen LogP contribution in [0.1, 0.15) is 18.9 Å². The Kier molecular flexibility index (Phi) is 6.42. The number of methoxy groups -OCH3 is 1. The monoisotopic (exact) mass is 431 g/mol. The van der Waals surface area contributed by atoms with Crippen molar-refractivity contribution >= 4 is 33.2 Å². The molecular formula is C21H25N3O5S. The van der Waals surface area contributed by atoms with Crippen LogP contribution in [0.4, 0.5) is 11.4 Å². The van der Waals surface area contributed by atoms with E-state index in [-0.39, 0.29) is 29.7 Å². The van der Waals surface area contributed by atoms with E-state index < -0.39 is 15.9 Å². The lowest BCUT2D eigenvalue weighted by molar-refractivity contribution is -0.122. The molecule has 3 rings (SSSR count). The summed E-state index contributed by atoms with van der Waals surface area (Å²) in [4.78, 5) is 26.9. The minimum atomic E-state index is -3.55. The molecule has 0 aliphatic carbocycles. The molecule has 1 heterocycles. The van der Waals surface area contributed by atoms with Gasteiger partial charge in [0, 0.05) is 25.2 Å². The molecule has 30 heavy (non-hydrogen) atoms. The number of benzene rings is 2. The van der Waals surface area contributed by atoms with Gasteiger partial charge < -0.3 is 15.0 Å². The lowest BCUT2D eigenvalue weighted by Gasteiger charge is -2.20. The van der Waals surface area contributed by atoms with Gasteiger partial charge in [0.25, 0.3) is 0 Å². The Hall–Kier alpha value is -2.91. The fourth-order valence-electron chi connectivity index (χ4n) is 3.36. The highest BCUT2D eigenvalue weighted by molar-refractivity contribution is 7.89. The van der Waals surface area contributed by atoms with E-state index in [9.17, 15) is 18.0 Å². The number of anilines is 2. The number of amides is 2. The summed E-state index contributed by atoms with van der Waals surface area (Å²) in [6.07, 6.45) is 0.0931. The number of nitrogens with one attached hydrogen (secondary N) is 2. The molecule has 0 spiro atoms. The molecule has 1 fully saturated rings. The Bertz CT molecular complexity index is 1050. The van der Waals surface area contributed by atoms with Crippen molar-refractivity contribution in [3.8, 4) is 5.75 Å². The van der Waals surface area contributed by atoms with Crippen LogP contribution in [0.3, 0.4) is 0 Å². The van der Waals surface area contributed by atoms with E-state index in [2.05, 4.69) is 10.0 Å². The summed E-state index contributed by atoms with van der Waals surface area (Å²) in [5.41, 5.74) is 2.10. The van der Waals surface area contributed by atoms with Gasteiger partial charge in [-0.1, -0.05) is 13.0 Å². The summed E-state index contributed by atoms with van der Waals surface area (Å²) in [7, 11) is -2.01. The number of carbonyl (C=O) groups is 2. The van der Waals surface area contributed by atoms with Gasteiger partial charge in [-0.3, -0.25) is 9.59 Å². The van der Waals surface area contributed by atoms with Gasteiger partial charge in [0.2, 0.25) is 21.8 Å². The molecule has 0 bridgehead atoms. The molecular weight excluding hydrogens is 406 g/mol. The predicted molar refractivity (Wildman–Crippen MR) is 114 cm³/mol. The van der Waals surface area contributed by atoms with E-state index in [1.807, 2.05) is 19.1 Å². The van der Waals surface area contributed by atoms with Crippen molar-refractivity contribution < 1.29 is 22.7 Å². The third-order valence-corrected chi connectivity index (χ3v) is 6.45. The van der Waals surface area contributed by atoms with E-state index in [0.29, 0.717) is 23.7 Å². The van der Waals surface area contributed by atoms with Crippen LogP contribution in [0.2, 0.25) is 0 Å². The van der Waals surface area contributed by atoms with Gasteiger partial charge in [-0.25, -0.2) is 13.1 Å². The van der Waals surface area contributed by atoms with Crippen LogP contribution in [0.5, 0.6) is 5.75 Å². The minimum absolute atomic E-state index is 0.0931. The molecule has 8 nitrogen and oxygen atoms in total. The Morgan fingerprint density at radius 2 is 1.90 bits per heavy atom. The predicted octanol–water partition coefficient (Wildman–Crippen LogP) is 2.29. The summed E-state index contributed by atoms with van der Waals surface area (Å²) in [5.74, 6) is -0.383. The van der Waals surface area contributed by atoms with E-state index in [4.69, 9.17) is 4.74 Å². The van der Waals surface area contributed by atoms with Crippen molar-refractivity contribution in [2.24, 2.45) is 5.92 Å². The van der Waals surface area contributed by atoms with Crippen molar-refractivity contribution in [1.29, 1.82) is 0 Å². The fourth-order valence-corrected chi connectivity index (χ4v) is 4.40. The third-order valence-electron chi connectivity index (χ3n) is 4.89. The van der Waals surface area contributed by atoms with Crippen molar-refractivity contribution in [2.75, 3.05) is 30.4 Å². The topological polar surface area (TPSA) is 105 Å². The summed E-state index contributed by atoms with van der Waals surface area (Å²) >= 11 is 0. The van der Waals surface area contributed by atoms with E-state index in [1.165, 1.54) is 24.3 Å². The number of carbonyl (C=O) groups excluding carboxylic acids is 2. The van der Waals surface area contributed by atoms with E-state index >= 15 is 0 Å². The van der Waals surface area contributed by atoms with Crippen molar-refractivity contribution in [3.05, 3.63) is 48.0 Å². The normalized spacial score (nSPS) is 16.6. The van der Waals surface area contributed by atoms with Gasteiger partial charge in [-0.15, -0.1) is 0 Å². The smallest absolute Gasteiger partial charge is 0.240 e. The lowest BCUT2D eigenvalue weighted by Crippen LogP contribution is -2.28. The second kappa shape index (κ2) is 8.85. The van der Waals surface area contributed by atoms with Gasteiger partial charge in [0.15, 0.2) is 0 Å². The highest BCUT2D eigenvalue weighted by Crippen LogP contribution is 2.34. The molecule has 1 saturated heterocycles. The molecule has 9 heteroatoms. The molecule has 160 valence electrons. The zero-order chi connectivity index (χ0) is 21.9. The van der Waals surface area contributed by atoms with Gasteiger partial charge >= 0.3 is 0 Å². The zero-order valence-corrected chi connectivity index (χ0v) is 18.0. The van der Waals surface area contributed by atoms with Crippen molar-refractivity contribution in [1.82, 2.24) is 4.72 Å². The number of rotatable bonds is 7. The molecule has 2 aromatic rings. The summed E-state index contributed by atoms with van der Waals surface area (Å²) in [6, 6.07) is 11.5. The second-order valence-electron chi connectivity index (χ2n) is 7.10. The number of nitrogens with zero attached hydrogens (tertiary/aromatic N) is 1. The quantitative estimate of drug-likeness (QED) is 0.700. The molecule has 0 aromatic heterocycles. The first-order valence-corrected chi connectivity index (χ1v) is 11.1. The Morgan fingerprint density at radius 3 is 2.53 bits per heavy atom. The Morgan fingerprint density at radius 1 is 1.20 bits per heavy atom. The maximum atomic E-state index is 12.7. The highest BCUT2D eigenvalue weighted by Gasteiger charge is 2.36. The van der Waals surface area contributed by atoms with Gasteiger partial charge in [0.1, 0.15) is 5.75 Å². The van der Waals surface area contributed by atoms with E-state index in [1.54, 1.807) is 25.0 Å². The Labute approximate surface area is 176 Å². The van der Waals surface area contributed by atoms with Gasteiger partial charge in [-0.2, -0.15) is 0 Å². The van der Waals surface area contributed by atoms with E-state index in [0.717, 1.165) is 5.56 Å². The molecule has 1 unspecified atom stereocenters. The molecule has 2 N–H and O–H groups in total. The number of ether oxygens (including phenoxy) is 1. The molecule has 0 saturated carbocycles. The van der Waals surface area contributed by atoms with Crippen molar-refractivity contribution in [3.63, 3.8) is 0 Å². The first kappa shape index (κ1) is 21.8. The molecule has 1 aliphatic rings. The molecule has 2 amide bonds. The molecule has 1 atom stereocenters. The largest absolute Gasteiger partial charge is 0.495 e. The summed E-state index contributed by atoms with van der Waals surface area (Å²) < 4.78 is 31.8. The number of hydrogen-bond acceptors (Lipinski definition) is 5. The van der Waals surface area contributed by atoms with Crippen LogP contribution in [-0.4, -0.2) is 40.4 Å². The van der Waals surface area contributed by atoms with Gasteiger partial charge in [0.05, 0.1) is 23.6 Å². The van der Waals surface area contributed by atoms with Crippen LogP contribution < -0.4 is 19.7 Å². The van der Waals surface area contributed by atoms with Gasteiger partial charge in [-0.05, 0) is 48.9 Å². The molecule has 2 aromatic carbocycles. The first-order chi connectivity index (χ1) is 14.2. The summed E-state index contributed by atoms with van der Waals surface area (Å²) in [6.45, 7) is 4.16. The average molecular weight is 432 g/mol. The van der Waals surface area contributed by atoms with Crippen LogP contribution in [0, 0.1) is 12.8 Å².